The summed E-state index contributed by atoms with van der Waals surface area (Å²) in [6.45, 7) is 4.87. The summed E-state index contributed by atoms with van der Waals surface area (Å²) >= 11 is 0. The highest BCUT2D eigenvalue weighted by atomic mass is 14.7. The van der Waals surface area contributed by atoms with Gasteiger partial charge >= 0.3 is 0 Å². The van der Waals surface area contributed by atoms with Crippen LogP contribution in [0.25, 0.3) is 0 Å². The molecular formula is C12H21N3. The summed E-state index contributed by atoms with van der Waals surface area (Å²) in [7, 11) is 0. The molecule has 0 amide bonds. The lowest BCUT2D eigenvalue weighted by Crippen LogP contribution is -2.28. The molecule has 84 valence electrons. The summed E-state index contributed by atoms with van der Waals surface area (Å²) < 4.78 is 0. The minimum absolute atomic E-state index is 0.156. The fraction of sp³-hybridized carbons (Fsp3) is 0.583. The molecule has 3 heteroatoms. The van der Waals surface area contributed by atoms with E-state index in [1.165, 1.54) is 5.56 Å². The van der Waals surface area contributed by atoms with Crippen LogP contribution in [-0.2, 0) is 0 Å². The zero-order valence-corrected chi connectivity index (χ0v) is 9.61. The van der Waals surface area contributed by atoms with Crippen LogP contribution in [0, 0.1) is 6.92 Å². The van der Waals surface area contributed by atoms with Crippen molar-refractivity contribution in [1.29, 1.82) is 0 Å². The van der Waals surface area contributed by atoms with E-state index in [2.05, 4.69) is 24.0 Å². The number of aromatic nitrogens is 1. The molecule has 0 radical (unpaired) electrons. The zero-order chi connectivity index (χ0) is 11.3. The maximum absolute atomic E-state index is 6.08. The molecule has 15 heavy (non-hydrogen) atoms. The average molecular weight is 207 g/mol. The van der Waals surface area contributed by atoms with E-state index in [1.54, 1.807) is 0 Å². The van der Waals surface area contributed by atoms with Gasteiger partial charge < -0.3 is 11.5 Å². The highest BCUT2D eigenvalue weighted by Gasteiger charge is 2.15. The Labute approximate surface area is 91.9 Å². The number of aryl methyl sites for hydroxylation is 1. The second-order valence-electron chi connectivity index (χ2n) is 4.14. The molecule has 3 nitrogen and oxygen atoms in total. The van der Waals surface area contributed by atoms with Crippen LogP contribution in [0.2, 0.25) is 0 Å². The molecule has 0 aromatic carbocycles. The van der Waals surface area contributed by atoms with Gasteiger partial charge in [-0.3, -0.25) is 4.98 Å². The van der Waals surface area contributed by atoms with Crippen molar-refractivity contribution in [2.24, 2.45) is 11.5 Å². The second-order valence-corrected chi connectivity index (χ2v) is 4.14. The molecule has 0 fully saturated rings. The van der Waals surface area contributed by atoms with Crippen molar-refractivity contribution in [3.8, 4) is 0 Å². The molecule has 1 rings (SSSR count). The van der Waals surface area contributed by atoms with Gasteiger partial charge in [0.05, 0.1) is 0 Å². The van der Waals surface area contributed by atoms with E-state index >= 15 is 0 Å². The fourth-order valence-electron chi connectivity index (χ4n) is 1.57. The summed E-state index contributed by atoms with van der Waals surface area (Å²) in [4.78, 5) is 4.40. The Balaban J connectivity index is 2.59. The van der Waals surface area contributed by atoms with Crippen LogP contribution >= 0.6 is 0 Å². The van der Waals surface area contributed by atoms with Crippen molar-refractivity contribution in [2.75, 3.05) is 6.54 Å². The van der Waals surface area contributed by atoms with Gasteiger partial charge in [-0.1, -0.05) is 13.0 Å². The minimum Gasteiger partial charge on any atom is -0.330 e. The van der Waals surface area contributed by atoms with E-state index in [9.17, 15) is 0 Å². The molecule has 1 heterocycles. The van der Waals surface area contributed by atoms with Crippen LogP contribution in [0.4, 0.5) is 0 Å². The first-order valence-corrected chi connectivity index (χ1v) is 5.53. The predicted octanol–water partition coefficient (Wildman–Crippen LogP) is 1.56. The lowest BCUT2D eigenvalue weighted by molar-refractivity contribution is 0.506. The summed E-state index contributed by atoms with van der Waals surface area (Å²) in [6.07, 6.45) is 3.84. The van der Waals surface area contributed by atoms with Gasteiger partial charge in [-0.15, -0.1) is 0 Å². The quantitative estimate of drug-likeness (QED) is 0.770. The van der Waals surface area contributed by atoms with Gasteiger partial charge in [-0.05, 0) is 37.9 Å². The summed E-state index contributed by atoms with van der Waals surface area (Å²) in [5.41, 5.74) is 13.8. The Hall–Kier alpha value is -0.930. The number of pyridine rings is 1. The Morgan fingerprint density at radius 2 is 2.13 bits per heavy atom. The largest absolute Gasteiger partial charge is 0.330 e. The third-order valence-corrected chi connectivity index (χ3v) is 2.78. The maximum Gasteiger partial charge on any atom is 0.0447 e. The molecule has 1 aromatic rings. The van der Waals surface area contributed by atoms with Gasteiger partial charge in [0.25, 0.3) is 0 Å². The molecule has 0 aliphatic rings. The lowest BCUT2D eigenvalue weighted by Gasteiger charge is -2.19. The van der Waals surface area contributed by atoms with Crippen molar-refractivity contribution < 1.29 is 0 Å². The average Bonchev–Trinajstić information content (AvgIpc) is 2.26. The molecule has 2 unspecified atom stereocenters. The van der Waals surface area contributed by atoms with E-state index in [4.69, 9.17) is 11.5 Å². The Morgan fingerprint density at radius 1 is 1.40 bits per heavy atom. The molecule has 0 saturated heterocycles. The topological polar surface area (TPSA) is 64.9 Å². The van der Waals surface area contributed by atoms with E-state index in [-0.39, 0.29) is 6.04 Å². The third kappa shape index (κ3) is 3.61. The molecule has 0 bridgehead atoms. The van der Waals surface area contributed by atoms with Crippen molar-refractivity contribution in [2.45, 2.75) is 38.6 Å². The number of nitrogens with zero attached hydrogens (tertiary/aromatic N) is 1. The maximum atomic E-state index is 6.08. The van der Waals surface area contributed by atoms with Crippen LogP contribution < -0.4 is 11.5 Å². The molecule has 2 atom stereocenters. The zero-order valence-electron chi connectivity index (χ0n) is 9.61. The van der Waals surface area contributed by atoms with Crippen molar-refractivity contribution >= 4 is 0 Å². The van der Waals surface area contributed by atoms with Gasteiger partial charge in [0.15, 0.2) is 0 Å². The first-order chi connectivity index (χ1) is 7.15. The van der Waals surface area contributed by atoms with Crippen LogP contribution in [0.15, 0.2) is 18.3 Å². The molecule has 0 aliphatic heterocycles. The van der Waals surface area contributed by atoms with Crippen LogP contribution in [0.1, 0.15) is 36.9 Å². The van der Waals surface area contributed by atoms with E-state index < -0.39 is 0 Å². The molecular weight excluding hydrogens is 186 g/mol. The van der Waals surface area contributed by atoms with Gasteiger partial charge in [0.2, 0.25) is 0 Å². The number of rotatable bonds is 5. The Kier molecular flexibility index (Phi) is 4.72. The fourth-order valence-corrected chi connectivity index (χ4v) is 1.57. The number of nitrogens with two attached hydrogens (primary N) is 2. The molecule has 0 aliphatic carbocycles. The van der Waals surface area contributed by atoms with E-state index in [1.807, 2.05) is 13.1 Å². The molecule has 0 spiro atoms. The number of hydrogen-bond donors (Lipinski definition) is 2. The van der Waals surface area contributed by atoms with Gasteiger partial charge in [0, 0.05) is 23.9 Å². The standard InChI is InChI=1S/C12H21N3/c1-9-5-6-12(15-8-9)10(2)11(14)4-3-7-13/h5-6,8,10-11H,3-4,7,13-14H2,1-2H3. The molecule has 4 N–H and O–H groups in total. The second kappa shape index (κ2) is 5.83. The van der Waals surface area contributed by atoms with Gasteiger partial charge in [-0.2, -0.15) is 0 Å². The smallest absolute Gasteiger partial charge is 0.0447 e. The van der Waals surface area contributed by atoms with Crippen molar-refractivity contribution in [1.82, 2.24) is 4.98 Å². The Bertz CT molecular complexity index is 281. The van der Waals surface area contributed by atoms with Gasteiger partial charge in [-0.25, -0.2) is 0 Å². The Morgan fingerprint density at radius 3 is 2.67 bits per heavy atom. The molecule has 1 aromatic heterocycles. The van der Waals surface area contributed by atoms with Crippen LogP contribution in [0.5, 0.6) is 0 Å². The highest BCUT2D eigenvalue weighted by molar-refractivity contribution is 5.16. The summed E-state index contributed by atoms with van der Waals surface area (Å²) in [5, 5.41) is 0. The highest BCUT2D eigenvalue weighted by Crippen LogP contribution is 2.18. The molecule has 0 saturated carbocycles. The minimum atomic E-state index is 0.156. The first kappa shape index (κ1) is 12.1. The number of hydrogen-bond acceptors (Lipinski definition) is 3. The SMILES string of the molecule is Cc1ccc(C(C)C(N)CCCN)nc1. The van der Waals surface area contributed by atoms with E-state index in [0.717, 1.165) is 18.5 Å². The first-order valence-electron chi connectivity index (χ1n) is 5.53. The predicted molar refractivity (Wildman–Crippen MR) is 63.7 cm³/mol. The normalized spacial score (nSPS) is 14.9. The summed E-state index contributed by atoms with van der Waals surface area (Å²) in [5.74, 6) is 0.303. The van der Waals surface area contributed by atoms with E-state index in [0.29, 0.717) is 12.5 Å². The third-order valence-electron chi connectivity index (χ3n) is 2.78. The van der Waals surface area contributed by atoms with Gasteiger partial charge in [0.1, 0.15) is 0 Å². The van der Waals surface area contributed by atoms with Crippen molar-refractivity contribution in [3.63, 3.8) is 0 Å². The van der Waals surface area contributed by atoms with Crippen molar-refractivity contribution in [3.05, 3.63) is 29.6 Å². The lowest BCUT2D eigenvalue weighted by atomic mass is 9.94. The monoisotopic (exact) mass is 207 g/mol. The van der Waals surface area contributed by atoms with Crippen LogP contribution in [0.3, 0.4) is 0 Å². The van der Waals surface area contributed by atoms with Crippen LogP contribution in [-0.4, -0.2) is 17.6 Å². The summed E-state index contributed by atoms with van der Waals surface area (Å²) in [6, 6.07) is 4.29.